The summed E-state index contributed by atoms with van der Waals surface area (Å²) in [6.45, 7) is 4.15. The summed E-state index contributed by atoms with van der Waals surface area (Å²) >= 11 is 5.15. The van der Waals surface area contributed by atoms with E-state index in [2.05, 4.69) is 64.4 Å². The zero-order valence-corrected chi connectivity index (χ0v) is 17.5. The Hall–Kier alpha value is -2.44. The highest BCUT2D eigenvalue weighted by Crippen LogP contribution is 2.23. The molecule has 0 spiro atoms. The molecule has 2 aromatic heterocycles. The Bertz CT molecular complexity index is 1170. The zero-order chi connectivity index (χ0) is 18.8. The largest absolute Gasteiger partial charge is 0.361 e. The Morgan fingerprint density at radius 3 is 2.74 bits per heavy atom. The second-order valence-corrected chi connectivity index (χ2v) is 8.23. The van der Waals surface area contributed by atoms with Crippen molar-refractivity contribution >= 4 is 44.4 Å². The average Bonchev–Trinajstić information content (AvgIpc) is 3.24. The molecule has 0 saturated carbocycles. The molecule has 0 amide bonds. The van der Waals surface area contributed by atoms with E-state index in [0.29, 0.717) is 0 Å². The Kier molecular flexibility index (Phi) is 5.09. The van der Waals surface area contributed by atoms with Gasteiger partial charge in [0, 0.05) is 44.1 Å². The minimum atomic E-state index is 0.206. The van der Waals surface area contributed by atoms with Crippen molar-refractivity contribution in [2.75, 3.05) is 0 Å². The van der Waals surface area contributed by atoms with Gasteiger partial charge in [0.1, 0.15) is 0 Å². The maximum Gasteiger partial charge on any atom is 0.206 e. The van der Waals surface area contributed by atoms with Gasteiger partial charge in [-0.05, 0) is 32.0 Å². The highest BCUT2D eigenvalue weighted by atomic mass is 79.9. The number of halogens is 1. The molecule has 4 rings (SSSR count). The highest BCUT2D eigenvalue weighted by Gasteiger charge is 2.08. The number of hydrogen-bond acceptors (Lipinski definition) is 3. The normalized spacial score (nSPS) is 12.7. The van der Waals surface area contributed by atoms with Crippen molar-refractivity contribution in [1.29, 1.82) is 0 Å². The van der Waals surface area contributed by atoms with Gasteiger partial charge in [0.15, 0.2) is 0 Å². The number of thiazole rings is 1. The van der Waals surface area contributed by atoms with Crippen molar-refractivity contribution in [3.63, 3.8) is 0 Å². The zero-order valence-electron chi connectivity index (χ0n) is 15.1. The molecule has 0 aliphatic carbocycles. The lowest BCUT2D eigenvalue weighted by Crippen LogP contribution is -2.14. The molecule has 6 heteroatoms. The topological polar surface area (TPSA) is 45.4 Å². The van der Waals surface area contributed by atoms with E-state index < -0.39 is 0 Å². The van der Waals surface area contributed by atoms with Crippen LogP contribution in [0.1, 0.15) is 19.4 Å². The van der Waals surface area contributed by atoms with E-state index in [1.165, 1.54) is 0 Å². The summed E-state index contributed by atoms with van der Waals surface area (Å²) in [7, 11) is 0. The van der Waals surface area contributed by atoms with Crippen LogP contribution < -0.4 is 4.80 Å². The van der Waals surface area contributed by atoms with E-state index in [1.54, 1.807) is 11.3 Å². The van der Waals surface area contributed by atoms with Crippen LogP contribution in [0.5, 0.6) is 0 Å². The van der Waals surface area contributed by atoms with Crippen molar-refractivity contribution in [1.82, 2.24) is 9.66 Å². The summed E-state index contributed by atoms with van der Waals surface area (Å²) in [6, 6.07) is 16.7. The van der Waals surface area contributed by atoms with Gasteiger partial charge in [-0.2, -0.15) is 5.10 Å². The summed E-state index contributed by atoms with van der Waals surface area (Å²) in [5, 5.41) is 8.03. The van der Waals surface area contributed by atoms with E-state index in [0.717, 1.165) is 37.0 Å². The van der Waals surface area contributed by atoms with Crippen molar-refractivity contribution in [3.05, 3.63) is 74.9 Å². The van der Waals surface area contributed by atoms with Crippen molar-refractivity contribution < 1.29 is 0 Å². The first-order chi connectivity index (χ1) is 13.1. The predicted molar refractivity (Wildman–Crippen MR) is 117 cm³/mol. The van der Waals surface area contributed by atoms with Crippen LogP contribution in [0.3, 0.4) is 0 Å². The number of aromatic nitrogens is 2. The van der Waals surface area contributed by atoms with Crippen LogP contribution in [-0.2, 0) is 0 Å². The molecule has 0 atom stereocenters. The number of hydrogen-bond donors (Lipinski definition) is 1. The Morgan fingerprint density at radius 1 is 1.15 bits per heavy atom. The third kappa shape index (κ3) is 3.82. The number of nitrogens with zero attached hydrogens (tertiary/aromatic N) is 3. The first kappa shape index (κ1) is 17.9. The van der Waals surface area contributed by atoms with Gasteiger partial charge < -0.3 is 4.98 Å². The minimum Gasteiger partial charge on any atom is -0.361 e. The van der Waals surface area contributed by atoms with Crippen LogP contribution in [0.4, 0.5) is 0 Å². The summed E-state index contributed by atoms with van der Waals surface area (Å²) in [6.07, 6.45) is 3.87. The van der Waals surface area contributed by atoms with E-state index in [4.69, 9.17) is 10.1 Å². The highest BCUT2D eigenvalue weighted by molar-refractivity contribution is 9.10. The first-order valence-electron chi connectivity index (χ1n) is 8.72. The lowest BCUT2D eigenvalue weighted by molar-refractivity contribution is 0.755. The SMILES string of the molecule is CC(C)N=c1scc(-c2ccccc2)n1N=Cc1c[nH]c2ccc(Br)cc12. The lowest BCUT2D eigenvalue weighted by Gasteiger charge is -2.04. The number of rotatable bonds is 4. The molecule has 0 fully saturated rings. The van der Waals surface area contributed by atoms with E-state index in [-0.39, 0.29) is 6.04 Å². The molecular formula is C21H19BrN4S. The molecule has 27 heavy (non-hydrogen) atoms. The molecule has 0 aliphatic rings. The molecule has 0 saturated heterocycles. The fourth-order valence-corrected chi connectivity index (χ4v) is 4.20. The Morgan fingerprint density at radius 2 is 1.96 bits per heavy atom. The van der Waals surface area contributed by atoms with Crippen molar-refractivity contribution in [2.45, 2.75) is 19.9 Å². The molecule has 4 nitrogen and oxygen atoms in total. The first-order valence-corrected chi connectivity index (χ1v) is 10.4. The predicted octanol–water partition coefficient (Wildman–Crippen LogP) is 5.65. The van der Waals surface area contributed by atoms with Crippen LogP contribution in [0.2, 0.25) is 0 Å². The van der Waals surface area contributed by atoms with Gasteiger partial charge in [-0.3, -0.25) is 4.99 Å². The van der Waals surface area contributed by atoms with Crippen molar-refractivity contribution in [2.24, 2.45) is 10.1 Å². The smallest absolute Gasteiger partial charge is 0.206 e. The van der Waals surface area contributed by atoms with E-state index >= 15 is 0 Å². The van der Waals surface area contributed by atoms with Crippen LogP contribution in [0.25, 0.3) is 22.2 Å². The lowest BCUT2D eigenvalue weighted by atomic mass is 10.2. The molecule has 2 aromatic carbocycles. The fraction of sp³-hybridized carbons (Fsp3) is 0.143. The van der Waals surface area contributed by atoms with E-state index in [9.17, 15) is 0 Å². The van der Waals surface area contributed by atoms with Gasteiger partial charge in [-0.15, -0.1) is 11.3 Å². The number of H-pyrrole nitrogens is 1. The number of aromatic amines is 1. The van der Waals surface area contributed by atoms with Crippen LogP contribution in [-0.4, -0.2) is 21.9 Å². The molecule has 136 valence electrons. The number of benzene rings is 2. The maximum atomic E-state index is 4.79. The number of nitrogens with one attached hydrogen (secondary N) is 1. The number of fused-ring (bicyclic) bond motifs is 1. The van der Waals surface area contributed by atoms with Gasteiger partial charge in [0.05, 0.1) is 11.9 Å². The quantitative estimate of drug-likeness (QED) is 0.400. The monoisotopic (exact) mass is 438 g/mol. The molecular weight excluding hydrogens is 420 g/mol. The molecule has 4 aromatic rings. The molecule has 2 heterocycles. The second-order valence-electron chi connectivity index (χ2n) is 6.48. The molecule has 0 radical (unpaired) electrons. The minimum absolute atomic E-state index is 0.206. The van der Waals surface area contributed by atoms with Gasteiger partial charge in [-0.25, -0.2) is 4.68 Å². The van der Waals surface area contributed by atoms with Crippen molar-refractivity contribution in [3.8, 4) is 11.3 Å². The summed E-state index contributed by atoms with van der Waals surface area (Å²) in [4.78, 5) is 8.92. The molecule has 0 aliphatic heterocycles. The standard InChI is InChI=1S/C21H19BrN4S/c1-14(2)25-21-26(20(13-27-21)15-6-4-3-5-7-15)24-12-16-11-23-19-9-8-17(22)10-18(16)19/h3-14,23H,1-2H3. The Labute approximate surface area is 170 Å². The van der Waals surface area contributed by atoms with Gasteiger partial charge in [0.25, 0.3) is 0 Å². The van der Waals surface area contributed by atoms with Crippen LogP contribution in [0, 0.1) is 0 Å². The third-order valence-electron chi connectivity index (χ3n) is 4.11. The van der Waals surface area contributed by atoms with E-state index in [1.807, 2.05) is 41.4 Å². The Balaban J connectivity index is 1.83. The van der Waals surface area contributed by atoms with Gasteiger partial charge in [-0.1, -0.05) is 46.3 Å². The third-order valence-corrected chi connectivity index (χ3v) is 5.44. The van der Waals surface area contributed by atoms with Crippen LogP contribution >= 0.6 is 27.3 Å². The summed E-state index contributed by atoms with van der Waals surface area (Å²) in [5.41, 5.74) is 4.29. The molecule has 1 N–H and O–H groups in total. The van der Waals surface area contributed by atoms with Gasteiger partial charge in [0.2, 0.25) is 4.80 Å². The average molecular weight is 439 g/mol. The van der Waals surface area contributed by atoms with Crippen LogP contribution in [0.15, 0.2) is 74.7 Å². The fourth-order valence-electron chi connectivity index (χ4n) is 2.87. The molecule has 0 bridgehead atoms. The summed E-state index contributed by atoms with van der Waals surface area (Å²) in [5.74, 6) is 0. The maximum absolute atomic E-state index is 4.79. The second kappa shape index (κ2) is 7.66. The van der Waals surface area contributed by atoms with Gasteiger partial charge >= 0.3 is 0 Å². The summed E-state index contributed by atoms with van der Waals surface area (Å²) < 4.78 is 2.98. The molecule has 0 unspecified atom stereocenters.